The van der Waals surface area contributed by atoms with Crippen molar-refractivity contribution in [1.82, 2.24) is 20.3 Å². The summed E-state index contributed by atoms with van der Waals surface area (Å²) in [5, 5.41) is 13.3. The molecule has 0 radical (unpaired) electrons. The van der Waals surface area contributed by atoms with Crippen molar-refractivity contribution in [3.05, 3.63) is 53.3 Å². The van der Waals surface area contributed by atoms with Crippen molar-refractivity contribution >= 4 is 12.3 Å². The first-order valence-corrected chi connectivity index (χ1v) is 13.5. The lowest BCUT2D eigenvalue weighted by Gasteiger charge is -2.44. The molecule has 1 aromatic heterocycles. The number of aromatic nitrogens is 2. The van der Waals surface area contributed by atoms with Gasteiger partial charge in [-0.15, -0.1) is 0 Å². The fraction of sp³-hybridized carbons (Fsp3) is 0.593. The Bertz CT molecular complexity index is 1280. The van der Waals surface area contributed by atoms with E-state index in [1.165, 1.54) is 28.6 Å². The summed E-state index contributed by atoms with van der Waals surface area (Å²) in [6.45, 7) is 6.95. The second-order valence-corrected chi connectivity index (χ2v) is 10.7. The van der Waals surface area contributed by atoms with E-state index in [1.54, 1.807) is 13.0 Å². The summed E-state index contributed by atoms with van der Waals surface area (Å²) in [6, 6.07) is 2.05. The number of anilines is 1. The Morgan fingerprint density at radius 1 is 1.05 bits per heavy atom. The molecule has 3 aliphatic rings. The molecule has 7 nitrogen and oxygen atoms in total. The van der Waals surface area contributed by atoms with Crippen LogP contribution in [-0.4, -0.2) is 57.2 Å². The van der Waals surface area contributed by atoms with Gasteiger partial charge in [0, 0.05) is 25.4 Å². The highest BCUT2D eigenvalue weighted by Gasteiger charge is 2.84. The molecule has 42 heavy (non-hydrogen) atoms. The molecule has 2 fully saturated rings. The number of aliphatic hydroxyl groups is 1. The van der Waals surface area contributed by atoms with Crippen molar-refractivity contribution < 1.29 is 40.2 Å². The van der Waals surface area contributed by atoms with Crippen molar-refractivity contribution in [2.24, 2.45) is 10.9 Å². The first-order chi connectivity index (χ1) is 19.5. The van der Waals surface area contributed by atoms with E-state index >= 15 is 0 Å². The summed E-state index contributed by atoms with van der Waals surface area (Å²) in [7, 11) is 0. The maximum absolute atomic E-state index is 14.3. The third-order valence-electron chi connectivity index (χ3n) is 7.86. The fourth-order valence-corrected chi connectivity index (χ4v) is 5.28. The first-order valence-electron chi connectivity index (χ1n) is 13.5. The molecule has 2 saturated carbocycles. The minimum absolute atomic E-state index is 0.0632. The Morgan fingerprint density at radius 3 is 2.12 bits per heavy atom. The molecule has 232 valence electrons. The van der Waals surface area contributed by atoms with Crippen LogP contribution in [-0.2, 0) is 17.3 Å². The topological polar surface area (TPSA) is 76.9 Å². The number of aliphatic imine (C=N–C) groups is 1. The van der Waals surface area contributed by atoms with Crippen molar-refractivity contribution in [2.45, 2.75) is 88.6 Å². The second-order valence-electron chi connectivity index (χ2n) is 10.7. The van der Waals surface area contributed by atoms with Crippen LogP contribution < -0.4 is 10.4 Å². The lowest BCUT2D eigenvalue weighted by molar-refractivity contribution is -0.182. The minimum Gasteiger partial charge on any atom is -0.372 e. The molecule has 4 unspecified atom stereocenters. The van der Waals surface area contributed by atoms with Gasteiger partial charge in [0.05, 0.1) is 11.6 Å². The zero-order chi connectivity index (χ0) is 31.3. The zero-order valence-corrected chi connectivity index (χ0v) is 23.3. The molecule has 15 heteroatoms. The highest BCUT2D eigenvalue weighted by atomic mass is 19.4. The highest BCUT2D eigenvalue weighted by molar-refractivity contribution is 5.62. The monoisotopic (exact) mass is 608 g/mol. The van der Waals surface area contributed by atoms with Gasteiger partial charge in [-0.2, -0.15) is 26.3 Å². The molecule has 2 aromatic rings. The number of nitrogens with zero attached hydrogens (tertiary/aromatic N) is 5. The fourth-order valence-electron chi connectivity index (χ4n) is 5.28. The third kappa shape index (κ3) is 5.64. The molecule has 2 N–H and O–H groups in total. The van der Waals surface area contributed by atoms with E-state index in [-0.39, 0.29) is 24.5 Å². The molecular weight excluding hydrogens is 576 g/mol. The van der Waals surface area contributed by atoms with Gasteiger partial charge in [-0.05, 0) is 61.9 Å². The van der Waals surface area contributed by atoms with Gasteiger partial charge in [-0.3, -0.25) is 10.3 Å². The van der Waals surface area contributed by atoms with Gasteiger partial charge in [0.25, 0.3) is 5.92 Å². The Morgan fingerprint density at radius 2 is 1.62 bits per heavy atom. The van der Waals surface area contributed by atoms with Gasteiger partial charge in [-0.25, -0.2) is 28.8 Å². The summed E-state index contributed by atoms with van der Waals surface area (Å²) < 4.78 is 112. The molecule has 0 bridgehead atoms. The van der Waals surface area contributed by atoms with Crippen LogP contribution in [0.4, 0.5) is 41.1 Å². The third-order valence-corrected chi connectivity index (χ3v) is 7.86. The predicted molar refractivity (Wildman–Crippen MR) is 138 cm³/mol. The van der Waals surface area contributed by atoms with E-state index in [9.17, 15) is 40.2 Å². The Labute approximate surface area is 237 Å². The maximum Gasteiger partial charge on any atom is 0.416 e. The van der Waals surface area contributed by atoms with Crippen molar-refractivity contribution in [1.29, 1.82) is 0 Å². The van der Waals surface area contributed by atoms with Gasteiger partial charge in [0.15, 0.2) is 11.6 Å². The number of benzene rings is 1. The van der Waals surface area contributed by atoms with E-state index in [4.69, 9.17) is 0 Å². The summed E-state index contributed by atoms with van der Waals surface area (Å²) in [6.07, 6.45) is -7.30. The van der Waals surface area contributed by atoms with E-state index in [0.717, 1.165) is 19.8 Å². The standard InChI is InChI=1S/C25H26F8N6O.C2H6/c1-14(19-36-13-37-39(19)20-34-6-3-7-35-20)38(11-15-4-5-15)21(2,40)16-8-17(10-18(9-16)24(28,29)30)22(25(31,32)33)12-23(22,26)27;1-2/h3,6-10,13-15,19,40H,4-5,11-12H2,1-2H3,(H,36,37);1-2H3. The van der Waals surface area contributed by atoms with Gasteiger partial charge < -0.3 is 5.11 Å². The average molecular weight is 609 g/mol. The van der Waals surface area contributed by atoms with E-state index in [0.29, 0.717) is 12.1 Å². The molecule has 1 aromatic carbocycles. The van der Waals surface area contributed by atoms with Crippen LogP contribution in [0.25, 0.3) is 0 Å². The summed E-state index contributed by atoms with van der Waals surface area (Å²) in [5.41, 5.74) is -6.62. The molecule has 5 rings (SSSR count). The van der Waals surface area contributed by atoms with Crippen LogP contribution in [0.1, 0.15) is 63.6 Å². The van der Waals surface area contributed by atoms with Crippen molar-refractivity contribution in [3.8, 4) is 0 Å². The van der Waals surface area contributed by atoms with E-state index in [1.807, 2.05) is 13.8 Å². The van der Waals surface area contributed by atoms with E-state index < -0.39 is 64.7 Å². The van der Waals surface area contributed by atoms with Crippen LogP contribution in [0.15, 0.2) is 41.7 Å². The number of hydrogen-bond donors (Lipinski definition) is 2. The lowest BCUT2D eigenvalue weighted by atomic mass is 9.87. The lowest BCUT2D eigenvalue weighted by Crippen LogP contribution is -2.58. The largest absolute Gasteiger partial charge is 0.416 e. The number of alkyl halides is 8. The van der Waals surface area contributed by atoms with Gasteiger partial charge in [0.2, 0.25) is 5.95 Å². The number of hydrogen-bond acceptors (Lipinski definition) is 7. The molecule has 1 aliphatic heterocycles. The smallest absolute Gasteiger partial charge is 0.372 e. The summed E-state index contributed by atoms with van der Waals surface area (Å²) >= 11 is 0. The van der Waals surface area contributed by atoms with Crippen LogP contribution in [0, 0.1) is 5.92 Å². The Kier molecular flexibility index (Phi) is 8.26. The summed E-state index contributed by atoms with van der Waals surface area (Å²) in [5.74, 6) is -4.01. The Hall–Kier alpha value is -3.07. The van der Waals surface area contributed by atoms with Gasteiger partial charge >= 0.3 is 12.4 Å². The molecule has 2 heterocycles. The predicted octanol–water partition coefficient (Wildman–Crippen LogP) is 6.01. The van der Waals surface area contributed by atoms with Crippen LogP contribution in [0.5, 0.6) is 0 Å². The number of hydrazine groups is 1. The van der Waals surface area contributed by atoms with Crippen molar-refractivity contribution in [2.75, 3.05) is 11.6 Å². The quantitative estimate of drug-likeness (QED) is 0.283. The summed E-state index contributed by atoms with van der Waals surface area (Å²) in [4.78, 5) is 14.1. The highest BCUT2D eigenvalue weighted by Crippen LogP contribution is 2.69. The average Bonchev–Trinajstić information content (AvgIpc) is 3.79. The zero-order valence-electron chi connectivity index (χ0n) is 23.3. The second kappa shape index (κ2) is 10.9. The number of halogens is 8. The number of nitrogens with one attached hydrogen (secondary N) is 1. The minimum atomic E-state index is -5.52. The SMILES string of the molecule is CC.CC(C1N=CNN1c1ncccn1)N(CC1CC1)C(C)(O)c1cc(C(F)(F)F)cc(C2(C(F)(F)F)CC2(F)F)c1. The van der Waals surface area contributed by atoms with Crippen LogP contribution in [0.2, 0.25) is 0 Å². The molecule has 2 aliphatic carbocycles. The van der Waals surface area contributed by atoms with Crippen LogP contribution >= 0.6 is 0 Å². The van der Waals surface area contributed by atoms with Crippen molar-refractivity contribution in [3.63, 3.8) is 0 Å². The maximum atomic E-state index is 14.3. The molecule has 0 spiro atoms. The van der Waals surface area contributed by atoms with Gasteiger partial charge in [-0.1, -0.05) is 19.9 Å². The van der Waals surface area contributed by atoms with Crippen LogP contribution in [0.3, 0.4) is 0 Å². The van der Waals surface area contributed by atoms with E-state index in [2.05, 4.69) is 20.4 Å². The molecule has 4 atom stereocenters. The molecule has 0 saturated heterocycles. The Balaban J connectivity index is 0.00000198. The van der Waals surface area contributed by atoms with Gasteiger partial charge in [0.1, 0.15) is 12.1 Å². The molecular formula is C27H32F8N6O. The first kappa shape index (κ1) is 31.9. The molecule has 0 amide bonds. The number of rotatable bonds is 8. The normalized spacial score (nSPS) is 25.4.